The number of carboxylic acid groups (broad SMARTS) is 1. The van der Waals surface area contributed by atoms with Gasteiger partial charge in [-0.2, -0.15) is 0 Å². The Bertz CT molecular complexity index is 807. The number of carbonyl (C=O) groups is 1. The molecule has 0 saturated carbocycles. The smallest absolute Gasteiger partial charge is 0.320 e. The number of ether oxygens (including phenoxy) is 2. The molecule has 0 aromatic heterocycles. The Hall–Kier alpha value is -2.24. The van der Waals surface area contributed by atoms with Crippen molar-refractivity contribution in [3.8, 4) is 11.5 Å². The van der Waals surface area contributed by atoms with Crippen molar-refractivity contribution in [3.05, 3.63) is 58.1 Å². The van der Waals surface area contributed by atoms with E-state index >= 15 is 0 Å². The predicted molar refractivity (Wildman–Crippen MR) is 111 cm³/mol. The molecule has 0 aliphatic rings. The number of benzene rings is 2. The summed E-state index contributed by atoms with van der Waals surface area (Å²) in [6.07, 6.45) is 0. The zero-order chi connectivity index (χ0) is 20.7. The van der Waals surface area contributed by atoms with Gasteiger partial charge < -0.3 is 19.9 Å². The van der Waals surface area contributed by atoms with Crippen LogP contribution in [0, 0.1) is 12.8 Å². The van der Waals surface area contributed by atoms with Crippen LogP contribution in [0.4, 0.5) is 0 Å². The van der Waals surface area contributed by atoms with E-state index in [9.17, 15) is 9.90 Å². The molecule has 2 rings (SSSR count). The van der Waals surface area contributed by atoms with E-state index in [1.807, 2.05) is 58.0 Å². The molecule has 2 aromatic carbocycles. The molecule has 0 bridgehead atoms. The second-order valence-electron chi connectivity index (χ2n) is 6.99. The quantitative estimate of drug-likeness (QED) is 0.592. The maximum absolute atomic E-state index is 11.4. The average Bonchev–Trinajstić information content (AvgIpc) is 2.62. The lowest BCUT2D eigenvalue weighted by Gasteiger charge is -2.19. The van der Waals surface area contributed by atoms with Crippen LogP contribution in [0.3, 0.4) is 0 Å². The third-order valence-corrected chi connectivity index (χ3v) is 4.74. The molecule has 0 radical (unpaired) electrons. The summed E-state index contributed by atoms with van der Waals surface area (Å²) in [7, 11) is 0. The SMILES string of the molecule is CCOc1cc(CNC(C(=O)O)C(C)C)cc(Cl)c1OCc1ccccc1C. The molecule has 28 heavy (non-hydrogen) atoms. The first-order valence-corrected chi connectivity index (χ1v) is 9.80. The summed E-state index contributed by atoms with van der Waals surface area (Å²) < 4.78 is 11.7. The van der Waals surface area contributed by atoms with Crippen molar-refractivity contribution in [3.63, 3.8) is 0 Å². The lowest BCUT2D eigenvalue weighted by Crippen LogP contribution is -2.40. The highest BCUT2D eigenvalue weighted by Gasteiger charge is 2.21. The predicted octanol–water partition coefficient (Wildman–Crippen LogP) is 4.82. The molecule has 0 spiro atoms. The molecule has 0 aliphatic heterocycles. The van der Waals surface area contributed by atoms with E-state index in [2.05, 4.69) is 5.32 Å². The van der Waals surface area contributed by atoms with Crippen LogP contribution in [0.25, 0.3) is 0 Å². The van der Waals surface area contributed by atoms with Crippen molar-refractivity contribution in [2.75, 3.05) is 6.61 Å². The minimum absolute atomic E-state index is 0.0314. The van der Waals surface area contributed by atoms with Crippen molar-refractivity contribution < 1.29 is 19.4 Å². The highest BCUT2D eigenvalue weighted by Crippen LogP contribution is 2.37. The first kappa shape index (κ1) is 22.1. The molecule has 0 saturated heterocycles. The highest BCUT2D eigenvalue weighted by molar-refractivity contribution is 6.32. The van der Waals surface area contributed by atoms with Gasteiger partial charge in [0, 0.05) is 6.54 Å². The summed E-state index contributed by atoms with van der Waals surface area (Å²) in [5.41, 5.74) is 3.06. The van der Waals surface area contributed by atoms with Gasteiger partial charge in [-0.25, -0.2) is 0 Å². The van der Waals surface area contributed by atoms with Crippen LogP contribution in [0.2, 0.25) is 5.02 Å². The summed E-state index contributed by atoms with van der Waals surface area (Å²) in [6.45, 7) is 8.89. The fraction of sp³-hybridized carbons (Fsp3) is 0.409. The minimum Gasteiger partial charge on any atom is -0.490 e. The summed E-state index contributed by atoms with van der Waals surface area (Å²) in [5, 5.41) is 12.8. The highest BCUT2D eigenvalue weighted by atomic mass is 35.5. The van der Waals surface area contributed by atoms with Crippen molar-refractivity contribution in [2.24, 2.45) is 5.92 Å². The second-order valence-corrected chi connectivity index (χ2v) is 7.40. The number of nitrogens with one attached hydrogen (secondary N) is 1. The first-order chi connectivity index (χ1) is 13.3. The fourth-order valence-electron chi connectivity index (χ4n) is 2.88. The van der Waals surface area contributed by atoms with Crippen LogP contribution >= 0.6 is 11.6 Å². The Balaban J connectivity index is 2.18. The zero-order valence-corrected chi connectivity index (χ0v) is 17.5. The van der Waals surface area contributed by atoms with Gasteiger partial charge in [-0.05, 0) is 48.6 Å². The molecule has 152 valence electrons. The largest absolute Gasteiger partial charge is 0.490 e. The molecule has 0 aliphatic carbocycles. The minimum atomic E-state index is -0.871. The lowest BCUT2D eigenvalue weighted by atomic mass is 10.0. The van der Waals surface area contributed by atoms with Gasteiger partial charge >= 0.3 is 5.97 Å². The molecule has 0 amide bonds. The molecular weight excluding hydrogens is 378 g/mol. The number of hydrogen-bond acceptors (Lipinski definition) is 4. The van der Waals surface area contributed by atoms with E-state index in [-0.39, 0.29) is 5.92 Å². The van der Waals surface area contributed by atoms with Gasteiger partial charge in [-0.3, -0.25) is 4.79 Å². The van der Waals surface area contributed by atoms with Crippen molar-refractivity contribution in [1.82, 2.24) is 5.32 Å². The van der Waals surface area contributed by atoms with Crippen molar-refractivity contribution >= 4 is 17.6 Å². The number of rotatable bonds is 10. The second kappa shape index (κ2) is 10.3. The fourth-order valence-corrected chi connectivity index (χ4v) is 3.17. The maximum Gasteiger partial charge on any atom is 0.320 e. The Morgan fingerprint density at radius 2 is 1.93 bits per heavy atom. The van der Waals surface area contributed by atoms with Gasteiger partial charge in [0.15, 0.2) is 11.5 Å². The maximum atomic E-state index is 11.4. The van der Waals surface area contributed by atoms with Crippen LogP contribution in [0.1, 0.15) is 37.5 Å². The molecule has 6 heteroatoms. The summed E-state index contributed by atoms with van der Waals surface area (Å²) in [6, 6.07) is 11.0. The van der Waals surface area contributed by atoms with E-state index in [0.29, 0.717) is 36.3 Å². The number of aliphatic carboxylic acids is 1. The summed E-state index contributed by atoms with van der Waals surface area (Å²) in [5.74, 6) is 0.145. The topological polar surface area (TPSA) is 67.8 Å². The third-order valence-electron chi connectivity index (χ3n) is 4.46. The number of aryl methyl sites for hydroxylation is 1. The molecular formula is C22H28ClNO4. The van der Waals surface area contributed by atoms with Gasteiger partial charge in [-0.1, -0.05) is 49.7 Å². The Morgan fingerprint density at radius 3 is 2.54 bits per heavy atom. The van der Waals surface area contributed by atoms with Crippen molar-refractivity contribution in [1.29, 1.82) is 0 Å². The molecule has 1 atom stereocenters. The Labute approximate surface area is 171 Å². The van der Waals surface area contributed by atoms with Gasteiger partial charge in [0.25, 0.3) is 0 Å². The summed E-state index contributed by atoms with van der Waals surface area (Å²) >= 11 is 6.47. The van der Waals surface area contributed by atoms with Crippen LogP contribution in [-0.4, -0.2) is 23.7 Å². The van der Waals surface area contributed by atoms with Crippen LogP contribution in [0.5, 0.6) is 11.5 Å². The number of carboxylic acids is 1. The van der Waals surface area contributed by atoms with E-state index in [1.165, 1.54) is 0 Å². The molecule has 5 nitrogen and oxygen atoms in total. The van der Waals surface area contributed by atoms with E-state index < -0.39 is 12.0 Å². The van der Waals surface area contributed by atoms with E-state index in [0.717, 1.165) is 16.7 Å². The number of halogens is 1. The molecule has 0 heterocycles. The standard InChI is InChI=1S/C22H28ClNO4/c1-5-27-19-11-16(12-24-20(14(2)3)22(25)26)10-18(23)21(19)28-13-17-9-7-6-8-15(17)4/h6-11,14,20,24H,5,12-13H2,1-4H3,(H,25,26). The van der Waals surface area contributed by atoms with Crippen LogP contribution in [-0.2, 0) is 17.9 Å². The van der Waals surface area contributed by atoms with Crippen LogP contribution in [0.15, 0.2) is 36.4 Å². The third kappa shape index (κ3) is 5.88. The molecule has 2 N–H and O–H groups in total. The van der Waals surface area contributed by atoms with Gasteiger partial charge in [0.2, 0.25) is 0 Å². The summed E-state index contributed by atoms with van der Waals surface area (Å²) in [4.78, 5) is 11.4. The van der Waals surface area contributed by atoms with Gasteiger partial charge in [-0.15, -0.1) is 0 Å². The molecule has 2 aromatic rings. The monoisotopic (exact) mass is 405 g/mol. The molecule has 1 unspecified atom stereocenters. The molecule has 0 fully saturated rings. The zero-order valence-electron chi connectivity index (χ0n) is 16.8. The lowest BCUT2D eigenvalue weighted by molar-refractivity contribution is -0.140. The van der Waals surface area contributed by atoms with E-state index in [4.69, 9.17) is 21.1 Å². The first-order valence-electron chi connectivity index (χ1n) is 9.42. The van der Waals surface area contributed by atoms with Gasteiger partial charge in [0.1, 0.15) is 12.6 Å². The number of hydrogen-bond donors (Lipinski definition) is 2. The normalized spacial score (nSPS) is 12.1. The Kier molecular flexibility index (Phi) is 8.15. The van der Waals surface area contributed by atoms with E-state index in [1.54, 1.807) is 6.07 Å². The van der Waals surface area contributed by atoms with Crippen LogP contribution < -0.4 is 14.8 Å². The average molecular weight is 406 g/mol. The van der Waals surface area contributed by atoms with Crippen molar-refractivity contribution in [2.45, 2.75) is 46.9 Å². The van der Waals surface area contributed by atoms with Gasteiger partial charge in [0.05, 0.1) is 11.6 Å². The Morgan fingerprint density at radius 1 is 1.21 bits per heavy atom.